The van der Waals surface area contributed by atoms with Gasteiger partial charge in [-0.2, -0.15) is 0 Å². The van der Waals surface area contributed by atoms with Crippen molar-refractivity contribution in [2.45, 2.75) is 32.4 Å². The molecule has 0 fully saturated rings. The molecule has 3 heterocycles. The first-order valence-electron chi connectivity index (χ1n) is 11.1. The number of amides is 3. The highest BCUT2D eigenvalue weighted by Crippen LogP contribution is 2.26. The van der Waals surface area contributed by atoms with Gasteiger partial charge in [0, 0.05) is 24.0 Å². The maximum atomic E-state index is 12.6. The lowest BCUT2D eigenvalue weighted by molar-refractivity contribution is -0.116. The van der Waals surface area contributed by atoms with E-state index in [2.05, 4.69) is 21.0 Å². The number of aryl methyl sites for hydroxylation is 1. The van der Waals surface area contributed by atoms with E-state index in [1.54, 1.807) is 24.4 Å². The number of hydrogen-bond acceptors (Lipinski definition) is 4. The van der Waals surface area contributed by atoms with Gasteiger partial charge in [0.05, 0.1) is 12.6 Å². The van der Waals surface area contributed by atoms with Crippen LogP contribution >= 0.6 is 0 Å². The number of urea groups is 1. The minimum atomic E-state index is -0.333. The topological polar surface area (TPSA) is 110 Å². The van der Waals surface area contributed by atoms with Crippen LogP contribution in [-0.4, -0.2) is 26.1 Å². The standard InChI is InChI=1S/C25H24N6O3/c1-16(18-8-10-21-19(14-18)9-11-23(32)28-21)26-24(33)27-20-6-4-5-17(13-20)15-31-25(34)30-12-3-2-7-22(30)29-31/h2-8,10,12-14,16H,9,11,15H2,1H3,(H,28,32)(H2,26,27,33). The summed E-state index contributed by atoms with van der Waals surface area (Å²) in [5.74, 6) is 0.0269. The van der Waals surface area contributed by atoms with Crippen LogP contribution in [0.5, 0.6) is 0 Å². The molecule has 3 amide bonds. The molecular formula is C25H24N6O3. The largest absolute Gasteiger partial charge is 0.350 e. The first-order chi connectivity index (χ1) is 16.5. The maximum absolute atomic E-state index is 12.6. The Morgan fingerprint density at radius 1 is 1.09 bits per heavy atom. The first-order valence-corrected chi connectivity index (χ1v) is 11.1. The zero-order chi connectivity index (χ0) is 23.7. The van der Waals surface area contributed by atoms with Crippen molar-refractivity contribution in [1.29, 1.82) is 0 Å². The molecule has 0 aliphatic carbocycles. The summed E-state index contributed by atoms with van der Waals surface area (Å²) in [6.45, 7) is 2.20. The quantitative estimate of drug-likeness (QED) is 0.428. The predicted octanol–water partition coefficient (Wildman–Crippen LogP) is 3.31. The van der Waals surface area contributed by atoms with Gasteiger partial charge in [-0.1, -0.05) is 30.3 Å². The SMILES string of the molecule is CC(NC(=O)Nc1cccc(Cn2nc3ccccn3c2=O)c1)c1ccc2c(c1)CCC(=O)N2. The second-order valence-electron chi connectivity index (χ2n) is 8.35. The van der Waals surface area contributed by atoms with Crippen LogP contribution in [0.15, 0.2) is 71.7 Å². The molecule has 172 valence electrons. The van der Waals surface area contributed by atoms with Crippen LogP contribution in [0.3, 0.4) is 0 Å². The Morgan fingerprint density at radius 2 is 1.97 bits per heavy atom. The van der Waals surface area contributed by atoms with Gasteiger partial charge in [0.2, 0.25) is 5.91 Å². The van der Waals surface area contributed by atoms with Gasteiger partial charge in [0.15, 0.2) is 5.65 Å². The Balaban J connectivity index is 1.24. The van der Waals surface area contributed by atoms with Crippen molar-refractivity contribution in [2.75, 3.05) is 10.6 Å². The molecule has 0 spiro atoms. The van der Waals surface area contributed by atoms with Crippen molar-refractivity contribution in [2.24, 2.45) is 0 Å². The fourth-order valence-electron chi connectivity index (χ4n) is 4.11. The van der Waals surface area contributed by atoms with Crippen molar-refractivity contribution in [3.63, 3.8) is 0 Å². The monoisotopic (exact) mass is 456 g/mol. The molecule has 0 saturated heterocycles. The molecule has 34 heavy (non-hydrogen) atoms. The molecule has 1 aliphatic heterocycles. The number of nitrogens with zero attached hydrogens (tertiary/aromatic N) is 3. The predicted molar refractivity (Wildman–Crippen MR) is 129 cm³/mol. The Morgan fingerprint density at radius 3 is 2.82 bits per heavy atom. The summed E-state index contributed by atoms with van der Waals surface area (Å²) in [7, 11) is 0. The van der Waals surface area contributed by atoms with E-state index in [1.165, 1.54) is 9.08 Å². The second kappa shape index (κ2) is 8.86. The van der Waals surface area contributed by atoms with Crippen LogP contribution in [0.4, 0.5) is 16.2 Å². The number of anilines is 2. The Kier molecular flexibility index (Phi) is 5.59. The Hall–Kier alpha value is -4.40. The number of pyridine rings is 1. The molecule has 2 aromatic carbocycles. The molecule has 1 unspecified atom stereocenters. The molecule has 1 atom stereocenters. The smallest absolute Gasteiger partial charge is 0.331 e. The molecule has 9 nitrogen and oxygen atoms in total. The fourth-order valence-corrected chi connectivity index (χ4v) is 4.11. The summed E-state index contributed by atoms with van der Waals surface area (Å²) in [6, 6.07) is 18.0. The van der Waals surface area contributed by atoms with E-state index < -0.39 is 0 Å². The Labute approximate surface area is 195 Å². The number of benzene rings is 2. The van der Waals surface area contributed by atoms with Gasteiger partial charge in [0.25, 0.3) is 0 Å². The highest BCUT2D eigenvalue weighted by Gasteiger charge is 2.17. The normalized spacial score (nSPS) is 13.7. The third kappa shape index (κ3) is 4.40. The maximum Gasteiger partial charge on any atom is 0.350 e. The molecule has 0 bridgehead atoms. The van der Waals surface area contributed by atoms with E-state index in [4.69, 9.17) is 0 Å². The third-order valence-electron chi connectivity index (χ3n) is 5.88. The zero-order valence-electron chi connectivity index (χ0n) is 18.6. The second-order valence-corrected chi connectivity index (χ2v) is 8.35. The molecule has 5 rings (SSSR count). The van der Waals surface area contributed by atoms with Gasteiger partial charge in [-0.25, -0.2) is 14.3 Å². The van der Waals surface area contributed by atoms with Gasteiger partial charge in [0.1, 0.15) is 0 Å². The van der Waals surface area contributed by atoms with E-state index in [1.807, 2.05) is 49.4 Å². The highest BCUT2D eigenvalue weighted by molar-refractivity contribution is 5.94. The average Bonchev–Trinajstić information content (AvgIpc) is 3.14. The molecule has 1 aliphatic rings. The number of carbonyl (C=O) groups is 2. The molecule has 2 aromatic heterocycles. The number of rotatable bonds is 5. The number of carbonyl (C=O) groups excluding carboxylic acids is 2. The molecular weight excluding hydrogens is 432 g/mol. The molecule has 0 saturated carbocycles. The van der Waals surface area contributed by atoms with Crippen molar-refractivity contribution in [3.05, 3.63) is 94.0 Å². The first kappa shape index (κ1) is 21.4. The van der Waals surface area contributed by atoms with Crippen LogP contribution in [0, 0.1) is 0 Å². The van der Waals surface area contributed by atoms with Crippen molar-refractivity contribution in [3.8, 4) is 0 Å². The number of fused-ring (bicyclic) bond motifs is 2. The van der Waals surface area contributed by atoms with Crippen molar-refractivity contribution >= 4 is 29.0 Å². The number of nitrogens with one attached hydrogen (secondary N) is 3. The Bertz CT molecular complexity index is 1450. The van der Waals surface area contributed by atoms with E-state index in [0.717, 1.165) is 22.4 Å². The van der Waals surface area contributed by atoms with Crippen molar-refractivity contribution in [1.82, 2.24) is 19.5 Å². The number of hydrogen-bond donors (Lipinski definition) is 3. The van der Waals surface area contributed by atoms with E-state index >= 15 is 0 Å². The van der Waals surface area contributed by atoms with Crippen molar-refractivity contribution < 1.29 is 9.59 Å². The summed E-state index contributed by atoms with van der Waals surface area (Å²) in [6.07, 6.45) is 2.84. The molecule has 3 N–H and O–H groups in total. The average molecular weight is 457 g/mol. The fraction of sp³-hybridized carbons (Fsp3) is 0.200. The summed E-state index contributed by atoms with van der Waals surface area (Å²) in [5, 5.41) is 13.0. The van der Waals surface area contributed by atoms with E-state index in [9.17, 15) is 14.4 Å². The van der Waals surface area contributed by atoms with Gasteiger partial charge in [-0.15, -0.1) is 5.10 Å². The lowest BCUT2D eigenvalue weighted by Gasteiger charge is -2.20. The van der Waals surface area contributed by atoms with Crippen LogP contribution in [0.25, 0.3) is 5.65 Å². The van der Waals surface area contributed by atoms with Crippen LogP contribution < -0.4 is 21.6 Å². The van der Waals surface area contributed by atoms with Gasteiger partial charge < -0.3 is 16.0 Å². The summed E-state index contributed by atoms with van der Waals surface area (Å²) >= 11 is 0. The summed E-state index contributed by atoms with van der Waals surface area (Å²) in [4.78, 5) is 36.7. The summed E-state index contributed by atoms with van der Waals surface area (Å²) < 4.78 is 2.89. The van der Waals surface area contributed by atoms with Crippen LogP contribution in [0.1, 0.15) is 36.1 Å². The molecule has 9 heteroatoms. The van der Waals surface area contributed by atoms with Gasteiger partial charge >= 0.3 is 11.7 Å². The van der Waals surface area contributed by atoms with Gasteiger partial charge in [-0.3, -0.25) is 9.20 Å². The van der Waals surface area contributed by atoms with E-state index in [-0.39, 0.29) is 23.7 Å². The van der Waals surface area contributed by atoms with Gasteiger partial charge in [-0.05, 0) is 60.4 Å². The van der Waals surface area contributed by atoms with Crippen LogP contribution in [0.2, 0.25) is 0 Å². The minimum Gasteiger partial charge on any atom is -0.331 e. The lowest BCUT2D eigenvalue weighted by atomic mass is 9.98. The lowest BCUT2D eigenvalue weighted by Crippen LogP contribution is -2.31. The minimum absolute atomic E-state index is 0.0269. The zero-order valence-corrected chi connectivity index (χ0v) is 18.6. The highest BCUT2D eigenvalue weighted by atomic mass is 16.2. The third-order valence-corrected chi connectivity index (χ3v) is 5.88. The van der Waals surface area contributed by atoms with E-state index in [0.29, 0.717) is 30.7 Å². The van der Waals surface area contributed by atoms with Crippen LogP contribution in [-0.2, 0) is 17.8 Å². The number of aromatic nitrogens is 3. The summed E-state index contributed by atoms with van der Waals surface area (Å²) in [5.41, 5.74) is 4.69. The molecule has 0 radical (unpaired) electrons. The molecule has 4 aromatic rings.